The van der Waals surface area contributed by atoms with Gasteiger partial charge in [0.1, 0.15) is 18.3 Å². The molecule has 9 nitrogen and oxygen atoms in total. The largest absolute Gasteiger partial charge is 0.471 e. The number of alkyl halides is 3. The van der Waals surface area contributed by atoms with Gasteiger partial charge in [0.2, 0.25) is 5.91 Å². The number of carbonyl (C=O) groups is 2. The van der Waals surface area contributed by atoms with E-state index in [2.05, 4.69) is 25.6 Å². The fourth-order valence-corrected chi connectivity index (χ4v) is 5.23. The third-order valence-corrected chi connectivity index (χ3v) is 7.57. The maximum absolute atomic E-state index is 13.6. The first-order valence-electron chi connectivity index (χ1n) is 12.7. The van der Waals surface area contributed by atoms with Crippen molar-refractivity contribution in [3.05, 3.63) is 88.7 Å². The monoisotopic (exact) mass is 615 g/mol. The normalized spacial score (nSPS) is 16.6. The van der Waals surface area contributed by atoms with E-state index in [1.165, 1.54) is 23.7 Å². The molecule has 15 heteroatoms. The molecule has 1 aliphatic heterocycles. The maximum Gasteiger partial charge on any atom is 0.471 e. The third-order valence-electron chi connectivity index (χ3n) is 6.44. The Morgan fingerprint density at radius 1 is 0.977 bits per heavy atom. The highest BCUT2D eigenvalue weighted by Crippen LogP contribution is 2.31. The number of nitrogen functional groups attached to an aromatic ring is 1. The van der Waals surface area contributed by atoms with E-state index in [9.17, 15) is 31.5 Å². The number of fused-ring (bicyclic) bond motifs is 1. The number of dihydropyridines is 1. The van der Waals surface area contributed by atoms with Gasteiger partial charge in [0.05, 0.1) is 17.1 Å². The van der Waals surface area contributed by atoms with Gasteiger partial charge in [-0.1, -0.05) is 12.1 Å². The zero-order valence-electron chi connectivity index (χ0n) is 22.0. The molecule has 0 spiro atoms. The molecule has 0 aliphatic carbocycles. The number of amides is 2. The Morgan fingerprint density at radius 3 is 2.56 bits per heavy atom. The van der Waals surface area contributed by atoms with Gasteiger partial charge < -0.3 is 16.4 Å². The molecule has 3 heterocycles. The second-order valence-electron chi connectivity index (χ2n) is 9.43. The molecule has 2 amide bonds. The van der Waals surface area contributed by atoms with Crippen LogP contribution in [0, 0.1) is 17.6 Å². The molecular weight excluding hydrogens is 593 g/mol. The van der Waals surface area contributed by atoms with Gasteiger partial charge in [0.25, 0.3) is 0 Å². The SMILES string of the molecule is Nc1ncnc2ccc(-c3ccc(CNC4N=CC(NC(=O)C(F)(F)F)=CC4C(=O)NCc4ccc(F)c(F)c4)s3)cc12. The number of aromatic nitrogens is 2. The van der Waals surface area contributed by atoms with Crippen molar-refractivity contribution in [3.63, 3.8) is 0 Å². The molecule has 2 aromatic carbocycles. The van der Waals surface area contributed by atoms with E-state index in [0.29, 0.717) is 16.7 Å². The first-order valence-corrected chi connectivity index (χ1v) is 13.5. The molecule has 43 heavy (non-hydrogen) atoms. The number of carbonyl (C=O) groups excluding carboxylic acids is 2. The van der Waals surface area contributed by atoms with Crippen molar-refractivity contribution >= 4 is 46.1 Å². The molecule has 2 atom stereocenters. The van der Waals surface area contributed by atoms with Crippen LogP contribution in [0.5, 0.6) is 0 Å². The molecule has 5 rings (SSSR count). The Labute approximate surface area is 244 Å². The van der Waals surface area contributed by atoms with Gasteiger partial charge in [0, 0.05) is 34.4 Å². The molecule has 2 aromatic heterocycles. The summed E-state index contributed by atoms with van der Waals surface area (Å²) >= 11 is 1.46. The summed E-state index contributed by atoms with van der Waals surface area (Å²) in [5.41, 5.74) is 7.53. The minimum Gasteiger partial charge on any atom is -0.383 e. The second-order valence-corrected chi connectivity index (χ2v) is 10.6. The number of allylic oxidation sites excluding steroid dienone is 1. The van der Waals surface area contributed by atoms with Gasteiger partial charge >= 0.3 is 12.1 Å². The highest BCUT2D eigenvalue weighted by Gasteiger charge is 2.39. The average molecular weight is 616 g/mol. The first-order chi connectivity index (χ1) is 20.5. The molecule has 222 valence electrons. The van der Waals surface area contributed by atoms with E-state index in [1.54, 1.807) is 5.32 Å². The number of nitrogens with two attached hydrogens (primary N) is 1. The number of rotatable bonds is 8. The Hall–Kier alpha value is -4.76. The molecule has 0 bridgehead atoms. The number of aliphatic imine (C=N–C) groups is 1. The van der Waals surface area contributed by atoms with Gasteiger partial charge in [-0.15, -0.1) is 11.3 Å². The fraction of sp³-hybridized carbons (Fsp3) is 0.179. The zero-order valence-corrected chi connectivity index (χ0v) is 22.8. The molecular formula is C28H22F5N7O2S. The van der Waals surface area contributed by atoms with Crippen LogP contribution in [0.1, 0.15) is 10.4 Å². The van der Waals surface area contributed by atoms with Gasteiger partial charge in [-0.3, -0.25) is 19.9 Å². The van der Waals surface area contributed by atoms with E-state index in [1.807, 2.05) is 30.3 Å². The zero-order chi connectivity index (χ0) is 30.7. The van der Waals surface area contributed by atoms with E-state index in [-0.39, 0.29) is 24.4 Å². The van der Waals surface area contributed by atoms with Gasteiger partial charge in [0.15, 0.2) is 11.6 Å². The highest BCUT2D eigenvalue weighted by molar-refractivity contribution is 7.15. The Kier molecular flexibility index (Phi) is 8.45. The fourth-order valence-electron chi connectivity index (χ4n) is 4.28. The topological polar surface area (TPSA) is 134 Å². The molecule has 1 aliphatic rings. The van der Waals surface area contributed by atoms with Gasteiger partial charge in [-0.25, -0.2) is 18.7 Å². The summed E-state index contributed by atoms with van der Waals surface area (Å²) in [6.07, 6.45) is -2.49. The van der Waals surface area contributed by atoms with E-state index in [4.69, 9.17) is 5.73 Å². The standard InChI is InChI=1S/C28H22F5N7O2S/c29-20-4-1-14(7-21(20)30)10-37-26(41)19-9-16(40-27(42)28(31,32)33)11-35-25(19)36-12-17-3-6-23(43-17)15-2-5-22-18(8-15)24(34)39-13-38-22/h1-9,11,13,19,25,36H,10,12H2,(H,37,41)(H,40,42)(H2,34,38,39). The second kappa shape index (κ2) is 12.2. The molecule has 0 fully saturated rings. The van der Waals surface area contributed by atoms with Crippen molar-refractivity contribution in [2.75, 3.05) is 5.73 Å². The van der Waals surface area contributed by atoms with Crippen LogP contribution < -0.4 is 21.7 Å². The Bertz CT molecular complexity index is 1760. The number of thiophene rings is 1. The van der Waals surface area contributed by atoms with Crippen molar-refractivity contribution < 1.29 is 31.5 Å². The van der Waals surface area contributed by atoms with E-state index in [0.717, 1.165) is 39.7 Å². The highest BCUT2D eigenvalue weighted by atomic mass is 32.1. The predicted octanol–water partition coefficient (Wildman–Crippen LogP) is 4.21. The lowest BCUT2D eigenvalue weighted by Crippen LogP contribution is -2.45. The van der Waals surface area contributed by atoms with Crippen LogP contribution in [0.3, 0.4) is 0 Å². The number of benzene rings is 2. The summed E-state index contributed by atoms with van der Waals surface area (Å²) in [5, 5.41) is 8.07. The summed E-state index contributed by atoms with van der Waals surface area (Å²) in [6, 6.07) is 12.5. The van der Waals surface area contributed by atoms with Crippen LogP contribution in [0.2, 0.25) is 0 Å². The summed E-state index contributed by atoms with van der Waals surface area (Å²) in [4.78, 5) is 38.7. The van der Waals surface area contributed by atoms with Crippen LogP contribution in [-0.4, -0.2) is 40.3 Å². The smallest absolute Gasteiger partial charge is 0.383 e. The van der Waals surface area contributed by atoms with Crippen LogP contribution >= 0.6 is 11.3 Å². The number of halogens is 5. The number of nitrogens with one attached hydrogen (secondary N) is 3. The lowest BCUT2D eigenvalue weighted by atomic mass is 10.0. The van der Waals surface area contributed by atoms with Crippen LogP contribution in [-0.2, 0) is 22.7 Å². The van der Waals surface area contributed by atoms with Crippen LogP contribution in [0.15, 0.2) is 71.6 Å². The van der Waals surface area contributed by atoms with Crippen LogP contribution in [0.4, 0.5) is 27.8 Å². The molecule has 5 N–H and O–H groups in total. The molecule has 0 saturated heterocycles. The number of nitrogens with zero attached hydrogens (tertiary/aromatic N) is 3. The Balaban J connectivity index is 1.30. The summed E-state index contributed by atoms with van der Waals surface area (Å²) < 4.78 is 65.2. The lowest BCUT2D eigenvalue weighted by molar-refractivity contribution is -0.172. The number of hydrogen-bond acceptors (Lipinski definition) is 8. The van der Waals surface area contributed by atoms with Crippen molar-refractivity contribution in [3.8, 4) is 10.4 Å². The van der Waals surface area contributed by atoms with Gasteiger partial charge in [-0.05, 0) is 53.6 Å². The molecule has 0 saturated carbocycles. The molecule has 2 unspecified atom stereocenters. The third kappa shape index (κ3) is 7.01. The number of hydrogen-bond donors (Lipinski definition) is 4. The molecule has 0 radical (unpaired) electrons. The number of anilines is 1. The van der Waals surface area contributed by atoms with Crippen molar-refractivity contribution in [2.45, 2.75) is 25.4 Å². The summed E-state index contributed by atoms with van der Waals surface area (Å²) in [5.74, 6) is -5.83. The average Bonchev–Trinajstić information content (AvgIpc) is 3.45. The Morgan fingerprint density at radius 2 is 1.79 bits per heavy atom. The van der Waals surface area contributed by atoms with E-state index < -0.39 is 41.7 Å². The summed E-state index contributed by atoms with van der Waals surface area (Å²) in [7, 11) is 0. The molecule has 4 aromatic rings. The maximum atomic E-state index is 13.6. The van der Waals surface area contributed by atoms with Crippen molar-refractivity contribution in [1.82, 2.24) is 25.9 Å². The van der Waals surface area contributed by atoms with E-state index >= 15 is 0 Å². The predicted molar refractivity (Wildman–Crippen MR) is 150 cm³/mol. The van der Waals surface area contributed by atoms with Crippen molar-refractivity contribution in [2.24, 2.45) is 10.9 Å². The van der Waals surface area contributed by atoms with Crippen LogP contribution in [0.25, 0.3) is 21.3 Å². The van der Waals surface area contributed by atoms with Crippen molar-refractivity contribution in [1.29, 1.82) is 0 Å². The minimum absolute atomic E-state index is 0.184. The quantitative estimate of drug-likeness (QED) is 0.220. The first kappa shape index (κ1) is 29.7. The summed E-state index contributed by atoms with van der Waals surface area (Å²) in [6.45, 7) is 0.0627. The lowest BCUT2D eigenvalue weighted by Gasteiger charge is -2.26. The van der Waals surface area contributed by atoms with Gasteiger partial charge in [-0.2, -0.15) is 13.2 Å². The minimum atomic E-state index is -5.14.